The van der Waals surface area contributed by atoms with Gasteiger partial charge in [0, 0.05) is 16.0 Å². The monoisotopic (exact) mass is 441 g/mol. The highest BCUT2D eigenvalue weighted by Gasteiger charge is 2.16. The van der Waals surface area contributed by atoms with Crippen LogP contribution in [0.4, 0.5) is 0 Å². The van der Waals surface area contributed by atoms with Gasteiger partial charge in [0.05, 0.1) is 17.1 Å². The van der Waals surface area contributed by atoms with Gasteiger partial charge in [0.2, 0.25) is 5.82 Å². The third kappa shape index (κ3) is 3.51. The predicted octanol–water partition coefficient (Wildman–Crippen LogP) is 6.27. The molecule has 0 unspecified atom stereocenters. The van der Waals surface area contributed by atoms with E-state index in [1.165, 1.54) is 10.2 Å². The van der Waals surface area contributed by atoms with Crippen LogP contribution >= 0.6 is 11.6 Å². The first-order valence-corrected chi connectivity index (χ1v) is 10.6. The molecule has 0 aliphatic carbocycles. The van der Waals surface area contributed by atoms with Crippen LogP contribution in [0.2, 0.25) is 5.02 Å². The molecule has 158 valence electrons. The largest absolute Gasteiger partial charge is 0.453 e. The zero-order valence-electron chi connectivity index (χ0n) is 17.9. The molecule has 0 fully saturated rings. The standard InChI is InChI=1S/C26H20ClN3O2/c1-15-10-16(2)21(17(3)11-15)14-28-30-25(29-22-7-5-4-6-20(22)26(30)31)24-13-18-12-19(27)8-9-23(18)32-24/h4-14H,1-3H3. The van der Waals surface area contributed by atoms with E-state index in [0.29, 0.717) is 33.1 Å². The molecule has 6 heteroatoms. The minimum atomic E-state index is -0.261. The van der Waals surface area contributed by atoms with Crippen molar-refractivity contribution in [3.63, 3.8) is 0 Å². The number of halogens is 1. The number of fused-ring (bicyclic) bond motifs is 2. The Hall–Kier alpha value is -3.70. The molecule has 0 amide bonds. The summed E-state index contributed by atoms with van der Waals surface area (Å²) in [5.41, 5.74) is 5.32. The molecular weight excluding hydrogens is 422 g/mol. The molecule has 0 radical (unpaired) electrons. The van der Waals surface area contributed by atoms with E-state index in [1.807, 2.05) is 44.2 Å². The molecule has 0 aliphatic heterocycles. The Labute approximate surface area is 189 Å². The van der Waals surface area contributed by atoms with Crippen molar-refractivity contribution in [2.75, 3.05) is 0 Å². The Kier molecular flexibility index (Phi) is 4.91. The summed E-state index contributed by atoms with van der Waals surface area (Å²) in [4.78, 5) is 18.1. The summed E-state index contributed by atoms with van der Waals surface area (Å²) in [5.74, 6) is 0.777. The van der Waals surface area contributed by atoms with Crippen LogP contribution in [0.3, 0.4) is 0 Å². The van der Waals surface area contributed by atoms with Crippen LogP contribution in [-0.4, -0.2) is 15.9 Å². The van der Waals surface area contributed by atoms with E-state index in [2.05, 4.69) is 24.2 Å². The maximum Gasteiger partial charge on any atom is 0.282 e. The topological polar surface area (TPSA) is 60.4 Å². The van der Waals surface area contributed by atoms with Gasteiger partial charge in [-0.1, -0.05) is 41.4 Å². The average molecular weight is 442 g/mol. The Morgan fingerprint density at radius 3 is 2.53 bits per heavy atom. The van der Waals surface area contributed by atoms with Gasteiger partial charge in [-0.25, -0.2) is 4.98 Å². The van der Waals surface area contributed by atoms with E-state index < -0.39 is 0 Å². The van der Waals surface area contributed by atoms with Crippen LogP contribution in [0, 0.1) is 20.8 Å². The van der Waals surface area contributed by atoms with Gasteiger partial charge in [-0.2, -0.15) is 9.78 Å². The molecule has 5 aromatic rings. The van der Waals surface area contributed by atoms with Crippen molar-refractivity contribution in [3.8, 4) is 11.6 Å². The SMILES string of the molecule is Cc1cc(C)c(C=Nn2c(-c3cc4cc(Cl)ccc4o3)nc3ccccc3c2=O)c(C)c1. The number of aromatic nitrogens is 2. The van der Waals surface area contributed by atoms with E-state index in [4.69, 9.17) is 21.0 Å². The van der Waals surface area contributed by atoms with Gasteiger partial charge in [0.1, 0.15) is 5.58 Å². The van der Waals surface area contributed by atoms with Crippen LogP contribution in [0.15, 0.2) is 75.0 Å². The summed E-state index contributed by atoms with van der Waals surface area (Å²) < 4.78 is 7.32. The normalized spacial score (nSPS) is 11.8. The smallest absolute Gasteiger partial charge is 0.282 e. The highest BCUT2D eigenvalue weighted by atomic mass is 35.5. The van der Waals surface area contributed by atoms with Crippen molar-refractivity contribution in [1.29, 1.82) is 0 Å². The average Bonchev–Trinajstić information content (AvgIpc) is 3.17. The van der Waals surface area contributed by atoms with Crippen LogP contribution < -0.4 is 5.56 Å². The van der Waals surface area contributed by atoms with Crippen LogP contribution in [0.5, 0.6) is 0 Å². The number of furan rings is 1. The fourth-order valence-corrected chi connectivity index (χ4v) is 4.21. The molecule has 2 heterocycles. The highest BCUT2D eigenvalue weighted by molar-refractivity contribution is 6.31. The summed E-state index contributed by atoms with van der Waals surface area (Å²) in [6.07, 6.45) is 1.71. The van der Waals surface area contributed by atoms with Crippen LogP contribution in [0.25, 0.3) is 33.5 Å². The minimum absolute atomic E-state index is 0.261. The Balaban J connectivity index is 1.75. The Morgan fingerprint density at radius 2 is 1.75 bits per heavy atom. The number of nitrogens with zero attached hydrogens (tertiary/aromatic N) is 3. The first-order valence-electron chi connectivity index (χ1n) is 10.2. The van der Waals surface area contributed by atoms with Crippen molar-refractivity contribution < 1.29 is 4.42 Å². The van der Waals surface area contributed by atoms with Gasteiger partial charge in [-0.15, -0.1) is 0 Å². The van der Waals surface area contributed by atoms with Gasteiger partial charge >= 0.3 is 0 Å². The van der Waals surface area contributed by atoms with E-state index in [1.54, 1.807) is 24.4 Å². The van der Waals surface area contributed by atoms with Gasteiger partial charge in [-0.3, -0.25) is 4.79 Å². The van der Waals surface area contributed by atoms with Crippen molar-refractivity contribution in [2.24, 2.45) is 5.10 Å². The molecule has 0 aliphatic rings. The van der Waals surface area contributed by atoms with Gasteiger partial charge in [0.25, 0.3) is 5.56 Å². The molecule has 5 nitrogen and oxygen atoms in total. The number of hydrogen-bond donors (Lipinski definition) is 0. The lowest BCUT2D eigenvalue weighted by Crippen LogP contribution is -2.20. The first-order chi connectivity index (χ1) is 15.4. The van der Waals surface area contributed by atoms with Gasteiger partial charge in [-0.05, 0) is 68.3 Å². The van der Waals surface area contributed by atoms with E-state index >= 15 is 0 Å². The second-order valence-electron chi connectivity index (χ2n) is 7.92. The summed E-state index contributed by atoms with van der Waals surface area (Å²) in [6, 6.07) is 18.6. The number of aryl methyl sites for hydroxylation is 3. The minimum Gasteiger partial charge on any atom is -0.453 e. The molecule has 2 aromatic heterocycles. The van der Waals surface area contributed by atoms with Crippen molar-refractivity contribution in [2.45, 2.75) is 20.8 Å². The molecular formula is C26H20ClN3O2. The van der Waals surface area contributed by atoms with E-state index in [-0.39, 0.29) is 5.56 Å². The quantitative estimate of drug-likeness (QED) is 0.310. The molecule has 0 saturated heterocycles. The fourth-order valence-electron chi connectivity index (χ4n) is 4.03. The number of para-hydroxylation sites is 1. The summed E-state index contributed by atoms with van der Waals surface area (Å²) in [6.45, 7) is 6.13. The van der Waals surface area contributed by atoms with E-state index in [9.17, 15) is 4.79 Å². The lowest BCUT2D eigenvalue weighted by molar-refractivity contribution is 0.616. The molecule has 0 atom stereocenters. The van der Waals surface area contributed by atoms with Gasteiger partial charge in [0.15, 0.2) is 5.76 Å². The van der Waals surface area contributed by atoms with Gasteiger partial charge < -0.3 is 4.42 Å². The number of benzene rings is 3. The molecule has 3 aromatic carbocycles. The van der Waals surface area contributed by atoms with Crippen molar-refractivity contribution in [3.05, 3.63) is 98.3 Å². The Morgan fingerprint density at radius 1 is 1.00 bits per heavy atom. The predicted molar refractivity (Wildman–Crippen MR) is 130 cm³/mol. The zero-order chi connectivity index (χ0) is 22.4. The number of rotatable bonds is 3. The van der Waals surface area contributed by atoms with Crippen LogP contribution in [0.1, 0.15) is 22.3 Å². The molecule has 0 spiro atoms. The van der Waals surface area contributed by atoms with Crippen LogP contribution in [-0.2, 0) is 0 Å². The highest BCUT2D eigenvalue weighted by Crippen LogP contribution is 2.29. The maximum atomic E-state index is 13.4. The molecule has 0 bridgehead atoms. The summed E-state index contributed by atoms with van der Waals surface area (Å²) >= 11 is 6.13. The fraction of sp³-hybridized carbons (Fsp3) is 0.115. The van der Waals surface area contributed by atoms with Crippen molar-refractivity contribution in [1.82, 2.24) is 9.66 Å². The number of hydrogen-bond acceptors (Lipinski definition) is 4. The third-order valence-corrected chi connectivity index (χ3v) is 5.73. The Bertz CT molecular complexity index is 1570. The van der Waals surface area contributed by atoms with Crippen molar-refractivity contribution >= 4 is 39.7 Å². The third-order valence-electron chi connectivity index (χ3n) is 5.49. The lowest BCUT2D eigenvalue weighted by atomic mass is 10.0. The first kappa shape index (κ1) is 20.2. The molecule has 0 saturated carbocycles. The lowest BCUT2D eigenvalue weighted by Gasteiger charge is -2.09. The molecule has 5 rings (SSSR count). The van der Waals surface area contributed by atoms with E-state index in [0.717, 1.165) is 22.1 Å². The molecule has 32 heavy (non-hydrogen) atoms. The summed E-state index contributed by atoms with van der Waals surface area (Å²) in [7, 11) is 0. The second kappa shape index (κ2) is 7.77. The summed E-state index contributed by atoms with van der Waals surface area (Å²) in [5, 5.41) is 6.50. The maximum absolute atomic E-state index is 13.4. The zero-order valence-corrected chi connectivity index (χ0v) is 18.6. The second-order valence-corrected chi connectivity index (χ2v) is 8.36. The molecule has 0 N–H and O–H groups in total.